The highest BCUT2D eigenvalue weighted by Gasteiger charge is 2.01. The lowest BCUT2D eigenvalue weighted by atomic mass is 10.2. The van der Waals surface area contributed by atoms with Crippen molar-refractivity contribution in [1.29, 1.82) is 0 Å². The van der Waals surface area contributed by atoms with Crippen molar-refractivity contribution in [3.8, 4) is 0 Å². The molecule has 17 heavy (non-hydrogen) atoms. The van der Waals surface area contributed by atoms with Gasteiger partial charge in [-0.15, -0.1) is 0 Å². The van der Waals surface area contributed by atoms with Crippen LogP contribution in [0.25, 0.3) is 0 Å². The molecule has 0 aliphatic carbocycles. The lowest BCUT2D eigenvalue weighted by molar-refractivity contribution is 0.628. The van der Waals surface area contributed by atoms with Gasteiger partial charge >= 0.3 is 0 Å². The fourth-order valence-corrected chi connectivity index (χ4v) is 1.81. The molecule has 0 saturated heterocycles. The molecule has 0 unspecified atom stereocenters. The van der Waals surface area contributed by atoms with Gasteiger partial charge in [-0.2, -0.15) is 0 Å². The Morgan fingerprint density at radius 1 is 1.29 bits per heavy atom. The maximum absolute atomic E-state index is 13.0. The summed E-state index contributed by atoms with van der Waals surface area (Å²) in [5, 5.41) is 3.14. The maximum Gasteiger partial charge on any atom is 0.125 e. The van der Waals surface area contributed by atoms with Crippen LogP contribution in [0.1, 0.15) is 11.3 Å². The van der Waals surface area contributed by atoms with E-state index in [0.29, 0.717) is 6.54 Å². The van der Waals surface area contributed by atoms with E-state index in [1.165, 1.54) is 12.1 Å². The Bertz CT molecular complexity index is 511. The number of rotatable bonds is 3. The molecule has 1 heterocycles. The first-order chi connectivity index (χ1) is 8.15. The molecule has 4 heteroatoms. The highest BCUT2D eigenvalue weighted by atomic mass is 79.9. The van der Waals surface area contributed by atoms with Crippen molar-refractivity contribution in [2.45, 2.75) is 13.5 Å². The van der Waals surface area contributed by atoms with Gasteiger partial charge in [0.05, 0.1) is 17.9 Å². The number of nitrogens with zero attached hydrogens (tertiary/aromatic N) is 1. The van der Waals surface area contributed by atoms with Gasteiger partial charge in [-0.05, 0) is 52.7 Å². The lowest BCUT2D eigenvalue weighted by Crippen LogP contribution is -2.02. The number of benzene rings is 1. The molecule has 1 aromatic heterocycles. The molecule has 0 bridgehead atoms. The largest absolute Gasteiger partial charge is 0.378 e. The smallest absolute Gasteiger partial charge is 0.125 e. The van der Waals surface area contributed by atoms with Gasteiger partial charge in [0, 0.05) is 10.7 Å². The summed E-state index contributed by atoms with van der Waals surface area (Å²) in [5.74, 6) is -0.257. The van der Waals surface area contributed by atoms with Crippen molar-refractivity contribution < 1.29 is 4.39 Å². The van der Waals surface area contributed by atoms with E-state index in [1.807, 2.05) is 25.3 Å². The Labute approximate surface area is 108 Å². The van der Waals surface area contributed by atoms with Crippen molar-refractivity contribution in [3.05, 3.63) is 58.1 Å². The molecule has 0 spiro atoms. The van der Waals surface area contributed by atoms with E-state index in [2.05, 4.69) is 26.2 Å². The fourth-order valence-electron chi connectivity index (χ4n) is 1.42. The zero-order chi connectivity index (χ0) is 12.3. The van der Waals surface area contributed by atoms with Crippen LogP contribution in [-0.2, 0) is 6.54 Å². The van der Waals surface area contributed by atoms with Crippen LogP contribution >= 0.6 is 15.9 Å². The standard InChI is InChI=1S/C13H12BrFN2/c1-9-2-4-11(16-7-9)8-17-13-6-10(15)3-5-12(13)14/h2-7,17H,8H2,1H3. The molecular formula is C13H12BrFN2. The summed E-state index contributed by atoms with van der Waals surface area (Å²) in [6.07, 6.45) is 1.82. The number of nitrogens with one attached hydrogen (secondary N) is 1. The van der Waals surface area contributed by atoms with Crippen molar-refractivity contribution in [2.75, 3.05) is 5.32 Å². The van der Waals surface area contributed by atoms with Crippen LogP contribution in [0.3, 0.4) is 0 Å². The number of pyridine rings is 1. The average molecular weight is 295 g/mol. The molecule has 0 aliphatic heterocycles. The molecular weight excluding hydrogens is 283 g/mol. The Morgan fingerprint density at radius 2 is 2.12 bits per heavy atom. The highest BCUT2D eigenvalue weighted by Crippen LogP contribution is 2.23. The summed E-state index contributed by atoms with van der Waals surface area (Å²) in [6.45, 7) is 2.57. The van der Waals surface area contributed by atoms with E-state index in [4.69, 9.17) is 0 Å². The third-order valence-electron chi connectivity index (χ3n) is 2.36. The molecule has 0 atom stereocenters. The van der Waals surface area contributed by atoms with Gasteiger partial charge in [-0.25, -0.2) is 4.39 Å². The molecule has 0 aliphatic rings. The first kappa shape index (κ1) is 12.0. The molecule has 2 rings (SSSR count). The second-order valence-electron chi connectivity index (χ2n) is 3.80. The van der Waals surface area contributed by atoms with Crippen LogP contribution in [0.5, 0.6) is 0 Å². The van der Waals surface area contributed by atoms with Crippen LogP contribution in [0.2, 0.25) is 0 Å². The summed E-state index contributed by atoms with van der Waals surface area (Å²) in [6, 6.07) is 8.51. The van der Waals surface area contributed by atoms with Gasteiger partial charge in [0.15, 0.2) is 0 Å². The minimum atomic E-state index is -0.257. The van der Waals surface area contributed by atoms with E-state index in [0.717, 1.165) is 21.4 Å². The number of hydrogen-bond acceptors (Lipinski definition) is 2. The summed E-state index contributed by atoms with van der Waals surface area (Å²) in [5.41, 5.74) is 2.78. The van der Waals surface area contributed by atoms with E-state index in [-0.39, 0.29) is 5.82 Å². The number of aromatic nitrogens is 1. The second-order valence-corrected chi connectivity index (χ2v) is 4.66. The highest BCUT2D eigenvalue weighted by molar-refractivity contribution is 9.10. The third-order valence-corrected chi connectivity index (χ3v) is 3.05. The quantitative estimate of drug-likeness (QED) is 0.928. The minimum absolute atomic E-state index is 0.257. The van der Waals surface area contributed by atoms with Crippen molar-refractivity contribution >= 4 is 21.6 Å². The SMILES string of the molecule is Cc1ccc(CNc2cc(F)ccc2Br)nc1. The average Bonchev–Trinajstić information content (AvgIpc) is 2.32. The van der Waals surface area contributed by atoms with Gasteiger partial charge in [0.2, 0.25) is 0 Å². The van der Waals surface area contributed by atoms with Crippen LogP contribution < -0.4 is 5.32 Å². The minimum Gasteiger partial charge on any atom is -0.378 e. The predicted molar refractivity (Wildman–Crippen MR) is 70.4 cm³/mol. The maximum atomic E-state index is 13.0. The molecule has 2 aromatic rings. The summed E-state index contributed by atoms with van der Waals surface area (Å²) in [7, 11) is 0. The number of hydrogen-bond donors (Lipinski definition) is 1. The van der Waals surface area contributed by atoms with Crippen LogP contribution in [-0.4, -0.2) is 4.98 Å². The van der Waals surface area contributed by atoms with Crippen molar-refractivity contribution in [1.82, 2.24) is 4.98 Å². The molecule has 0 fully saturated rings. The first-order valence-corrected chi connectivity index (χ1v) is 6.05. The van der Waals surface area contributed by atoms with Crippen molar-refractivity contribution in [3.63, 3.8) is 0 Å². The van der Waals surface area contributed by atoms with E-state index < -0.39 is 0 Å². The normalized spacial score (nSPS) is 10.3. The second kappa shape index (κ2) is 5.27. The van der Waals surface area contributed by atoms with Crippen molar-refractivity contribution in [2.24, 2.45) is 0 Å². The Kier molecular flexibility index (Phi) is 3.74. The zero-order valence-electron chi connectivity index (χ0n) is 9.37. The molecule has 88 valence electrons. The van der Waals surface area contributed by atoms with Crippen LogP contribution in [0, 0.1) is 12.7 Å². The molecule has 1 aromatic carbocycles. The first-order valence-electron chi connectivity index (χ1n) is 5.25. The van der Waals surface area contributed by atoms with Gasteiger partial charge in [-0.1, -0.05) is 6.07 Å². The van der Waals surface area contributed by atoms with Gasteiger partial charge in [-0.3, -0.25) is 4.98 Å². The molecule has 2 nitrogen and oxygen atoms in total. The molecule has 0 amide bonds. The monoisotopic (exact) mass is 294 g/mol. The van der Waals surface area contributed by atoms with Crippen LogP contribution in [0.4, 0.5) is 10.1 Å². The Hall–Kier alpha value is -1.42. The molecule has 1 N–H and O–H groups in total. The van der Waals surface area contributed by atoms with E-state index in [1.54, 1.807) is 6.07 Å². The van der Waals surface area contributed by atoms with Gasteiger partial charge in [0.25, 0.3) is 0 Å². The third kappa shape index (κ3) is 3.27. The summed E-state index contributed by atoms with van der Waals surface area (Å²) < 4.78 is 13.9. The summed E-state index contributed by atoms with van der Waals surface area (Å²) >= 11 is 3.37. The summed E-state index contributed by atoms with van der Waals surface area (Å²) in [4.78, 5) is 4.27. The van der Waals surface area contributed by atoms with Crippen LogP contribution in [0.15, 0.2) is 41.0 Å². The van der Waals surface area contributed by atoms with Gasteiger partial charge in [0.1, 0.15) is 5.82 Å². The zero-order valence-corrected chi connectivity index (χ0v) is 11.0. The molecule has 0 saturated carbocycles. The lowest BCUT2D eigenvalue weighted by Gasteiger charge is -2.08. The number of anilines is 1. The topological polar surface area (TPSA) is 24.9 Å². The molecule has 0 radical (unpaired) electrons. The van der Waals surface area contributed by atoms with E-state index in [9.17, 15) is 4.39 Å². The fraction of sp³-hybridized carbons (Fsp3) is 0.154. The predicted octanol–water partition coefficient (Wildman–Crippen LogP) is 3.90. The van der Waals surface area contributed by atoms with E-state index >= 15 is 0 Å². The number of aryl methyl sites for hydroxylation is 1. The number of halogens is 2. The Balaban J connectivity index is 2.07. The Morgan fingerprint density at radius 3 is 2.82 bits per heavy atom. The van der Waals surface area contributed by atoms with Gasteiger partial charge < -0.3 is 5.32 Å².